The molecule has 3 aromatic rings. The molecule has 8 heteroatoms. The average molecular weight is 416 g/mol. The first-order chi connectivity index (χ1) is 13.9. The van der Waals surface area contributed by atoms with Crippen molar-refractivity contribution in [1.82, 2.24) is 14.9 Å². The largest absolute Gasteiger partial charge is 0.493 e. The van der Waals surface area contributed by atoms with Gasteiger partial charge in [0.15, 0.2) is 0 Å². The summed E-state index contributed by atoms with van der Waals surface area (Å²) in [6.07, 6.45) is 0.633. The monoisotopic (exact) mass is 415 g/mol. The third-order valence-electron chi connectivity index (χ3n) is 4.55. The Kier molecular flexibility index (Phi) is 6.39. The van der Waals surface area contributed by atoms with Crippen molar-refractivity contribution in [2.24, 2.45) is 0 Å². The molecule has 1 heterocycles. The minimum absolute atomic E-state index is 0.260. The maximum absolute atomic E-state index is 12.4. The SMILES string of the molecule is CCn1c(=O)c(=O)[nH]c2cc(C(=O)NCCCOc3ccc(Cl)cc3C)ccc21. The lowest BCUT2D eigenvalue weighted by Crippen LogP contribution is -2.36. The number of aromatic amines is 1. The summed E-state index contributed by atoms with van der Waals surface area (Å²) >= 11 is 5.92. The molecule has 0 spiro atoms. The number of nitrogens with zero attached hydrogens (tertiary/aromatic N) is 1. The van der Waals surface area contributed by atoms with Gasteiger partial charge in [-0.25, -0.2) is 0 Å². The molecular formula is C21H22ClN3O4. The number of hydrogen-bond acceptors (Lipinski definition) is 4. The molecule has 0 saturated carbocycles. The number of hydrogen-bond donors (Lipinski definition) is 2. The molecule has 0 aliphatic carbocycles. The van der Waals surface area contributed by atoms with E-state index in [1.165, 1.54) is 4.57 Å². The molecule has 152 valence electrons. The molecule has 0 aliphatic rings. The number of nitrogens with one attached hydrogen (secondary N) is 2. The number of aromatic nitrogens is 2. The van der Waals surface area contributed by atoms with E-state index in [1.807, 2.05) is 19.1 Å². The summed E-state index contributed by atoms with van der Waals surface area (Å²) in [4.78, 5) is 38.6. The van der Waals surface area contributed by atoms with E-state index in [-0.39, 0.29) is 5.91 Å². The van der Waals surface area contributed by atoms with Crippen LogP contribution in [0.25, 0.3) is 11.0 Å². The van der Waals surface area contributed by atoms with Crippen LogP contribution >= 0.6 is 11.6 Å². The minimum Gasteiger partial charge on any atom is -0.493 e. The molecule has 0 unspecified atom stereocenters. The van der Waals surface area contributed by atoms with Crippen LogP contribution in [0.5, 0.6) is 5.75 Å². The van der Waals surface area contributed by atoms with Gasteiger partial charge in [-0.3, -0.25) is 14.4 Å². The lowest BCUT2D eigenvalue weighted by Gasteiger charge is -2.11. The number of rotatable bonds is 7. The molecule has 2 aromatic carbocycles. The third kappa shape index (κ3) is 4.68. The zero-order chi connectivity index (χ0) is 21.0. The van der Waals surface area contributed by atoms with Gasteiger partial charge in [-0.05, 0) is 62.2 Å². The van der Waals surface area contributed by atoms with Gasteiger partial charge in [0.25, 0.3) is 5.91 Å². The minimum atomic E-state index is -0.702. The average Bonchev–Trinajstić information content (AvgIpc) is 2.69. The fourth-order valence-corrected chi connectivity index (χ4v) is 3.29. The quantitative estimate of drug-likeness (QED) is 0.458. The van der Waals surface area contributed by atoms with E-state index in [4.69, 9.17) is 16.3 Å². The van der Waals surface area contributed by atoms with Crippen molar-refractivity contribution in [1.29, 1.82) is 0 Å². The number of ether oxygens (including phenoxy) is 1. The Morgan fingerprint density at radius 2 is 2.00 bits per heavy atom. The number of aryl methyl sites for hydroxylation is 2. The molecule has 0 bridgehead atoms. The summed E-state index contributed by atoms with van der Waals surface area (Å²) in [5.74, 6) is 0.505. The Bertz CT molecular complexity index is 1170. The topological polar surface area (TPSA) is 93.2 Å². The number of H-pyrrole nitrogens is 1. The lowest BCUT2D eigenvalue weighted by molar-refractivity contribution is 0.0951. The second-order valence-electron chi connectivity index (χ2n) is 6.60. The zero-order valence-corrected chi connectivity index (χ0v) is 17.0. The highest BCUT2D eigenvalue weighted by atomic mass is 35.5. The van der Waals surface area contributed by atoms with Gasteiger partial charge in [0.05, 0.1) is 17.6 Å². The molecule has 7 nitrogen and oxygen atoms in total. The molecule has 2 N–H and O–H groups in total. The van der Waals surface area contributed by atoms with Crippen LogP contribution in [0.3, 0.4) is 0 Å². The first-order valence-electron chi connectivity index (χ1n) is 9.34. The van der Waals surface area contributed by atoms with E-state index in [0.29, 0.717) is 47.7 Å². The van der Waals surface area contributed by atoms with E-state index in [2.05, 4.69) is 10.3 Å². The molecule has 0 atom stereocenters. The Hall–Kier alpha value is -3.06. The Morgan fingerprint density at radius 1 is 1.21 bits per heavy atom. The van der Waals surface area contributed by atoms with Crippen LogP contribution in [0.15, 0.2) is 46.0 Å². The first-order valence-corrected chi connectivity index (χ1v) is 9.72. The molecule has 29 heavy (non-hydrogen) atoms. The summed E-state index contributed by atoms with van der Waals surface area (Å²) < 4.78 is 7.09. The third-order valence-corrected chi connectivity index (χ3v) is 4.79. The molecule has 0 saturated heterocycles. The predicted octanol–water partition coefficient (Wildman–Crippen LogP) is 2.87. The number of fused-ring (bicyclic) bond motifs is 1. The smallest absolute Gasteiger partial charge is 0.316 e. The Labute approximate surface area is 172 Å². The number of benzene rings is 2. The first kappa shape index (κ1) is 20.7. The summed E-state index contributed by atoms with van der Waals surface area (Å²) in [6, 6.07) is 10.3. The van der Waals surface area contributed by atoms with Crippen molar-refractivity contribution in [3.05, 3.63) is 73.3 Å². The van der Waals surface area contributed by atoms with Gasteiger partial charge >= 0.3 is 11.1 Å². The van der Waals surface area contributed by atoms with Crippen LogP contribution in [-0.2, 0) is 6.54 Å². The number of carbonyl (C=O) groups is 1. The highest BCUT2D eigenvalue weighted by Crippen LogP contribution is 2.21. The zero-order valence-electron chi connectivity index (χ0n) is 16.3. The molecule has 1 aromatic heterocycles. The van der Waals surface area contributed by atoms with E-state index >= 15 is 0 Å². The van der Waals surface area contributed by atoms with E-state index in [9.17, 15) is 14.4 Å². The molecule has 0 aliphatic heterocycles. The normalized spacial score (nSPS) is 10.9. The van der Waals surface area contributed by atoms with E-state index < -0.39 is 11.1 Å². The number of amides is 1. The van der Waals surface area contributed by atoms with Crippen molar-refractivity contribution in [3.8, 4) is 5.75 Å². The van der Waals surface area contributed by atoms with Gasteiger partial charge in [0.2, 0.25) is 0 Å². The van der Waals surface area contributed by atoms with Gasteiger partial charge in [0, 0.05) is 23.7 Å². The second kappa shape index (κ2) is 8.96. The van der Waals surface area contributed by atoms with Gasteiger partial charge in [0.1, 0.15) is 5.75 Å². The van der Waals surface area contributed by atoms with Gasteiger partial charge in [-0.2, -0.15) is 0 Å². The van der Waals surface area contributed by atoms with Gasteiger partial charge < -0.3 is 19.6 Å². The van der Waals surface area contributed by atoms with Gasteiger partial charge in [-0.15, -0.1) is 0 Å². The Morgan fingerprint density at radius 3 is 2.72 bits per heavy atom. The van der Waals surface area contributed by atoms with Crippen molar-refractivity contribution in [3.63, 3.8) is 0 Å². The van der Waals surface area contributed by atoms with Crippen LogP contribution in [0.1, 0.15) is 29.3 Å². The number of halogens is 1. The molecule has 0 radical (unpaired) electrons. The van der Waals surface area contributed by atoms with Crippen molar-refractivity contribution < 1.29 is 9.53 Å². The summed E-state index contributed by atoms with van der Waals surface area (Å²) in [5, 5.41) is 3.49. The second-order valence-corrected chi connectivity index (χ2v) is 7.04. The summed E-state index contributed by atoms with van der Waals surface area (Å²) in [6.45, 7) is 4.97. The fourth-order valence-electron chi connectivity index (χ4n) is 3.07. The summed E-state index contributed by atoms with van der Waals surface area (Å²) in [5.41, 5.74) is 1.09. The highest BCUT2D eigenvalue weighted by molar-refractivity contribution is 6.30. The maximum atomic E-state index is 12.4. The van der Waals surface area contributed by atoms with Crippen molar-refractivity contribution in [2.75, 3.05) is 13.2 Å². The molecular weight excluding hydrogens is 394 g/mol. The highest BCUT2D eigenvalue weighted by Gasteiger charge is 2.10. The molecule has 1 amide bonds. The van der Waals surface area contributed by atoms with Gasteiger partial charge in [-0.1, -0.05) is 11.6 Å². The van der Waals surface area contributed by atoms with Crippen molar-refractivity contribution in [2.45, 2.75) is 26.8 Å². The molecule has 0 fully saturated rings. The van der Waals surface area contributed by atoms with Crippen molar-refractivity contribution >= 4 is 28.5 Å². The standard InChI is InChI=1S/C21H22ClN3O4/c1-3-25-17-7-5-14(12-16(17)24-20(27)21(25)28)19(26)23-9-4-10-29-18-8-6-15(22)11-13(18)2/h5-8,11-12H,3-4,9-10H2,1-2H3,(H,23,26)(H,24,27). The van der Waals surface area contributed by atoms with E-state index in [1.54, 1.807) is 31.2 Å². The lowest BCUT2D eigenvalue weighted by atomic mass is 10.1. The van der Waals surface area contributed by atoms with E-state index in [0.717, 1.165) is 11.3 Å². The number of carbonyl (C=O) groups excluding carboxylic acids is 1. The fraction of sp³-hybridized carbons (Fsp3) is 0.286. The molecule has 3 rings (SSSR count). The van der Waals surface area contributed by atoms with Crippen LogP contribution < -0.4 is 21.2 Å². The van der Waals surface area contributed by atoms with Crippen LogP contribution in [-0.4, -0.2) is 28.6 Å². The van der Waals surface area contributed by atoms with Crippen LogP contribution in [0.2, 0.25) is 5.02 Å². The summed E-state index contributed by atoms with van der Waals surface area (Å²) in [7, 11) is 0. The maximum Gasteiger partial charge on any atom is 0.316 e. The predicted molar refractivity (Wildman–Crippen MR) is 113 cm³/mol. The van der Waals surface area contributed by atoms with Crippen LogP contribution in [0.4, 0.5) is 0 Å². The Balaban J connectivity index is 1.59. The van der Waals surface area contributed by atoms with Crippen LogP contribution in [0, 0.1) is 6.92 Å².